The molecule has 2 aliphatic rings. The smallest absolute Gasteiger partial charge is 0.332 e. The largest absolute Gasteiger partial charge is 0.479 e. The van der Waals surface area contributed by atoms with Gasteiger partial charge >= 0.3 is 5.97 Å². The lowest BCUT2D eigenvalue weighted by Gasteiger charge is -2.53. The topological polar surface area (TPSA) is 334 Å². The molecule has 47 heavy (non-hydrogen) atoms. The van der Waals surface area contributed by atoms with Crippen molar-refractivity contribution in [1.82, 2.24) is 15.5 Å². The number of ether oxygens (including phenoxy) is 3. The van der Waals surface area contributed by atoms with Crippen LogP contribution in [-0.2, 0) is 38.2 Å². The number of hydrogen-bond donors (Lipinski definition) is 11. The third-order valence-corrected chi connectivity index (χ3v) is 8.10. The fraction of sp³-hybridized carbons (Fsp3) is 0.815. The Hall–Kier alpha value is -3.05. The van der Waals surface area contributed by atoms with E-state index >= 15 is 0 Å². The Morgan fingerprint density at radius 3 is 1.89 bits per heavy atom. The van der Waals surface area contributed by atoms with Gasteiger partial charge in [-0.25, -0.2) is 4.79 Å². The van der Waals surface area contributed by atoms with Gasteiger partial charge in [0, 0.05) is 26.8 Å². The highest BCUT2D eigenvalue weighted by Gasteiger charge is 2.61. The standard InChI is InChI=1S/C27H47N5O15/c1-10(45-22-18(31-13(4)36)25(42)47-15(9-34)20(22)39)7-32(24(41)11(2)28)27(26(43)44,6-5-16(29)37)23-17(30-12(3)35)21(40)19(38)14(8-33)46-23/h10-11,14-15,17-23,25,33-34,38-40,42H,5-9,28H2,1-4H3,(H2,29,37)(H,30,35)(H,31,36)(H,43,44)/t10?,11-,14+,15+,17+,18+,19+,20+,21+,22+,23?,25-,27-/m0/s1. The van der Waals surface area contributed by atoms with Crippen LogP contribution >= 0.6 is 0 Å². The van der Waals surface area contributed by atoms with E-state index in [1.165, 1.54) is 13.8 Å². The van der Waals surface area contributed by atoms with Crippen LogP contribution in [0.4, 0.5) is 0 Å². The van der Waals surface area contributed by atoms with Gasteiger partial charge in [-0.2, -0.15) is 0 Å². The van der Waals surface area contributed by atoms with Crippen LogP contribution in [0.15, 0.2) is 0 Å². The second-order valence-electron chi connectivity index (χ2n) is 11.8. The number of carbonyl (C=O) groups excluding carboxylic acids is 4. The first-order valence-corrected chi connectivity index (χ1v) is 14.9. The summed E-state index contributed by atoms with van der Waals surface area (Å²) in [6.07, 6.45) is -16.4. The number of primary amides is 1. The van der Waals surface area contributed by atoms with Gasteiger partial charge in [0.15, 0.2) is 11.8 Å². The van der Waals surface area contributed by atoms with Crippen LogP contribution < -0.4 is 22.1 Å². The average molecular weight is 682 g/mol. The summed E-state index contributed by atoms with van der Waals surface area (Å²) < 4.78 is 16.9. The fourth-order valence-electron chi connectivity index (χ4n) is 5.91. The van der Waals surface area contributed by atoms with Gasteiger partial charge in [0.05, 0.1) is 31.4 Å². The molecule has 0 radical (unpaired) electrons. The molecule has 2 heterocycles. The van der Waals surface area contributed by atoms with Crippen LogP contribution in [0.2, 0.25) is 0 Å². The maximum absolute atomic E-state index is 13.8. The van der Waals surface area contributed by atoms with Gasteiger partial charge in [-0.1, -0.05) is 0 Å². The highest BCUT2D eigenvalue weighted by molar-refractivity contribution is 5.91. The van der Waals surface area contributed by atoms with Gasteiger partial charge in [0.2, 0.25) is 23.6 Å². The van der Waals surface area contributed by atoms with Crippen molar-refractivity contribution in [3.63, 3.8) is 0 Å². The van der Waals surface area contributed by atoms with E-state index in [2.05, 4.69) is 10.6 Å². The number of carboxylic acids is 1. The van der Waals surface area contributed by atoms with E-state index in [9.17, 15) is 59.7 Å². The minimum absolute atomic E-state index is 0.656. The molecule has 20 heteroatoms. The van der Waals surface area contributed by atoms with Crippen molar-refractivity contribution in [1.29, 1.82) is 0 Å². The van der Waals surface area contributed by atoms with E-state index in [4.69, 9.17) is 25.7 Å². The van der Waals surface area contributed by atoms with Crippen LogP contribution in [0, 0.1) is 0 Å². The third kappa shape index (κ3) is 9.10. The number of hydrogen-bond acceptors (Lipinski definition) is 15. The van der Waals surface area contributed by atoms with Gasteiger partial charge in [-0.15, -0.1) is 0 Å². The molecule has 0 saturated carbocycles. The predicted molar refractivity (Wildman–Crippen MR) is 155 cm³/mol. The number of rotatable bonds is 15. The molecule has 270 valence electrons. The van der Waals surface area contributed by atoms with E-state index in [0.717, 1.165) is 13.8 Å². The number of aliphatic hydroxyl groups excluding tert-OH is 6. The van der Waals surface area contributed by atoms with E-state index in [0.29, 0.717) is 4.90 Å². The minimum Gasteiger partial charge on any atom is -0.479 e. The molecule has 13 N–H and O–H groups in total. The van der Waals surface area contributed by atoms with E-state index < -0.39 is 141 Å². The molecule has 0 bridgehead atoms. The first-order valence-electron chi connectivity index (χ1n) is 14.9. The van der Waals surface area contributed by atoms with Gasteiger partial charge in [0.1, 0.15) is 48.8 Å². The molecule has 13 atom stereocenters. The molecule has 0 spiro atoms. The molecule has 2 aliphatic heterocycles. The Morgan fingerprint density at radius 1 is 0.894 bits per heavy atom. The zero-order chi connectivity index (χ0) is 36.0. The Morgan fingerprint density at radius 2 is 1.43 bits per heavy atom. The minimum atomic E-state index is -2.71. The lowest BCUT2D eigenvalue weighted by molar-refractivity contribution is -0.269. The normalized spacial score (nSPS) is 33.5. The Bertz CT molecular complexity index is 1130. The number of nitrogens with zero attached hydrogens (tertiary/aromatic N) is 1. The van der Waals surface area contributed by atoms with E-state index in [1.54, 1.807) is 0 Å². The monoisotopic (exact) mass is 681 g/mol. The molecular weight excluding hydrogens is 634 g/mol. The summed E-state index contributed by atoms with van der Waals surface area (Å²) in [5.74, 6) is -5.35. The van der Waals surface area contributed by atoms with E-state index in [1.807, 2.05) is 0 Å². The highest BCUT2D eigenvalue weighted by Crippen LogP contribution is 2.37. The van der Waals surface area contributed by atoms with Gasteiger partial charge in [-0.3, -0.25) is 19.2 Å². The Labute approximate surface area is 269 Å². The van der Waals surface area contributed by atoms with E-state index in [-0.39, 0.29) is 0 Å². The molecule has 0 aliphatic carbocycles. The molecule has 0 aromatic heterocycles. The third-order valence-electron chi connectivity index (χ3n) is 8.10. The zero-order valence-corrected chi connectivity index (χ0v) is 26.5. The highest BCUT2D eigenvalue weighted by atomic mass is 16.6. The molecule has 2 rings (SSSR count). The summed E-state index contributed by atoms with van der Waals surface area (Å²) in [7, 11) is 0. The maximum atomic E-state index is 13.8. The average Bonchev–Trinajstić information content (AvgIpc) is 2.98. The fourth-order valence-corrected chi connectivity index (χ4v) is 5.91. The summed E-state index contributed by atoms with van der Waals surface area (Å²) in [4.78, 5) is 64.0. The summed E-state index contributed by atoms with van der Waals surface area (Å²) >= 11 is 0. The first kappa shape index (κ1) is 40.1. The predicted octanol–water partition coefficient (Wildman–Crippen LogP) is -6.41. The molecule has 4 amide bonds. The number of carbonyl (C=O) groups is 5. The molecule has 2 fully saturated rings. The lowest BCUT2D eigenvalue weighted by Crippen LogP contribution is -2.77. The van der Waals surface area contributed by atoms with Crippen LogP contribution in [0.5, 0.6) is 0 Å². The molecule has 0 aromatic carbocycles. The molecule has 2 unspecified atom stereocenters. The first-order chi connectivity index (χ1) is 21.8. The van der Waals surface area contributed by atoms with Crippen molar-refractivity contribution in [3.05, 3.63) is 0 Å². The number of nitrogens with two attached hydrogens (primary N) is 2. The van der Waals surface area contributed by atoms with Gasteiger partial charge in [-0.05, 0) is 20.3 Å². The number of aliphatic hydroxyl groups is 6. The number of carboxylic acid groups (broad SMARTS) is 1. The van der Waals surface area contributed by atoms with Crippen LogP contribution in [-0.4, -0.2) is 169 Å². The van der Waals surface area contributed by atoms with Crippen LogP contribution in [0.1, 0.15) is 40.5 Å². The molecule has 2 saturated heterocycles. The SMILES string of the molecule is CC(=O)N[C@@H]1[C@@H](OC(C)CN(C(=O)[C@H](C)N)[C@](CCC(N)=O)(C(=O)O)C2O[C@H](CO)[C@@H](O)[C@H](O)[C@H]2NC(C)=O)[C@H](O)[C@@H](CO)O[C@@H]1O. The number of aliphatic carboxylic acids is 1. The van der Waals surface area contributed by atoms with Crippen molar-refractivity contribution in [3.8, 4) is 0 Å². The second-order valence-corrected chi connectivity index (χ2v) is 11.8. The second kappa shape index (κ2) is 16.9. The number of amides is 4. The summed E-state index contributed by atoms with van der Waals surface area (Å²) in [5.41, 5.74) is 8.59. The van der Waals surface area contributed by atoms with Crippen molar-refractivity contribution in [2.24, 2.45) is 11.5 Å². The van der Waals surface area contributed by atoms with Crippen LogP contribution in [0.3, 0.4) is 0 Å². The van der Waals surface area contributed by atoms with Gasteiger partial charge in [0.25, 0.3) is 0 Å². The lowest BCUT2D eigenvalue weighted by atomic mass is 9.76. The maximum Gasteiger partial charge on any atom is 0.332 e. The summed E-state index contributed by atoms with van der Waals surface area (Å²) in [5, 5.41) is 78.1. The van der Waals surface area contributed by atoms with Crippen molar-refractivity contribution < 1.29 is 73.9 Å². The Balaban J connectivity index is 2.74. The summed E-state index contributed by atoms with van der Waals surface area (Å²) in [6.45, 7) is 2.28. The quantitative estimate of drug-likeness (QED) is 0.0765. The number of nitrogens with one attached hydrogen (secondary N) is 2. The van der Waals surface area contributed by atoms with Crippen molar-refractivity contribution >= 4 is 29.6 Å². The van der Waals surface area contributed by atoms with Gasteiger partial charge < -0.3 is 77.0 Å². The molecule has 20 nitrogen and oxygen atoms in total. The summed E-state index contributed by atoms with van der Waals surface area (Å²) in [6, 6.07) is -4.56. The van der Waals surface area contributed by atoms with Crippen molar-refractivity contribution in [2.45, 2.75) is 119 Å². The molecular formula is C27H47N5O15. The van der Waals surface area contributed by atoms with Crippen LogP contribution in [0.25, 0.3) is 0 Å². The zero-order valence-electron chi connectivity index (χ0n) is 26.5. The van der Waals surface area contributed by atoms with Crippen molar-refractivity contribution in [2.75, 3.05) is 19.8 Å². The Kier molecular flexibility index (Phi) is 14.4. The molecule has 0 aromatic rings.